The van der Waals surface area contributed by atoms with Crippen LogP contribution in [-0.4, -0.2) is 27.2 Å². The molecule has 1 aromatic rings. The van der Waals surface area contributed by atoms with Crippen molar-refractivity contribution in [2.45, 2.75) is 6.92 Å². The van der Waals surface area contributed by atoms with Crippen molar-refractivity contribution in [1.82, 2.24) is 4.98 Å². The molecule has 0 fully saturated rings. The summed E-state index contributed by atoms with van der Waals surface area (Å²) < 4.78 is 12.0. The van der Waals surface area contributed by atoms with Gasteiger partial charge >= 0.3 is 0 Å². The van der Waals surface area contributed by atoms with Gasteiger partial charge in [0, 0.05) is 39.5 Å². The van der Waals surface area contributed by atoms with E-state index in [1.807, 2.05) is 6.92 Å². The number of nitrogens with zero attached hydrogens (tertiary/aromatic N) is 1. The lowest BCUT2D eigenvalue weighted by Gasteiger charge is -2.06. The molecule has 1 heterocycles. The third-order valence-electron chi connectivity index (χ3n) is 1.75. The van der Waals surface area contributed by atoms with Crippen LogP contribution in [0.5, 0.6) is 0 Å². The Kier molecular flexibility index (Phi) is 5.56. The second-order valence-corrected chi connectivity index (χ2v) is 6.03. The van der Waals surface area contributed by atoms with Crippen molar-refractivity contribution >= 4 is 44.1 Å². The molecule has 1 unspecified atom stereocenters. The van der Waals surface area contributed by atoms with Crippen molar-refractivity contribution in [1.29, 1.82) is 0 Å². The van der Waals surface area contributed by atoms with Gasteiger partial charge in [-0.3, -0.25) is 4.21 Å². The summed E-state index contributed by atoms with van der Waals surface area (Å²) in [5, 5.41) is 3.61. The third kappa shape index (κ3) is 4.49. The minimum atomic E-state index is -0.754. The molecule has 0 aliphatic carbocycles. The van der Waals surface area contributed by atoms with Gasteiger partial charge in [-0.25, -0.2) is 4.98 Å². The number of halogens is 2. The van der Waals surface area contributed by atoms with Gasteiger partial charge in [-0.05, 0) is 22.0 Å². The molecule has 0 spiro atoms. The summed E-state index contributed by atoms with van der Waals surface area (Å²) in [5.74, 6) is 1.93. The van der Waals surface area contributed by atoms with E-state index in [0.29, 0.717) is 28.9 Å². The monoisotopic (exact) mass is 310 g/mol. The van der Waals surface area contributed by atoms with Crippen LogP contribution in [0, 0.1) is 0 Å². The molecule has 6 heteroatoms. The molecular weight excluding hydrogens is 300 g/mol. The van der Waals surface area contributed by atoms with E-state index in [0.717, 1.165) is 4.47 Å². The Labute approximate surface area is 105 Å². The van der Waals surface area contributed by atoms with E-state index >= 15 is 0 Å². The van der Waals surface area contributed by atoms with Gasteiger partial charge in [-0.1, -0.05) is 18.5 Å². The van der Waals surface area contributed by atoms with Crippen LogP contribution in [-0.2, 0) is 10.8 Å². The number of anilines is 1. The molecule has 0 saturated carbocycles. The van der Waals surface area contributed by atoms with E-state index in [-0.39, 0.29) is 0 Å². The van der Waals surface area contributed by atoms with Crippen LogP contribution in [0.1, 0.15) is 6.92 Å². The summed E-state index contributed by atoms with van der Waals surface area (Å²) in [6, 6.07) is 1.77. The van der Waals surface area contributed by atoms with E-state index in [4.69, 9.17) is 11.6 Å². The average Bonchev–Trinajstić information content (AvgIpc) is 2.21. The molecule has 1 aromatic heterocycles. The minimum absolute atomic E-state index is 0.562. The van der Waals surface area contributed by atoms with Gasteiger partial charge in [0.2, 0.25) is 0 Å². The standard InChI is InChI=1S/C9H12BrClN2OS/c1-2-15(14)4-3-12-9-8(11)5-7(10)6-13-9/h5-6H,2-4H2,1H3,(H,12,13). The van der Waals surface area contributed by atoms with Gasteiger partial charge < -0.3 is 5.32 Å². The number of hydrogen-bond donors (Lipinski definition) is 1. The van der Waals surface area contributed by atoms with Crippen molar-refractivity contribution in [3.63, 3.8) is 0 Å². The second-order valence-electron chi connectivity index (χ2n) is 2.84. The Morgan fingerprint density at radius 3 is 3.00 bits per heavy atom. The van der Waals surface area contributed by atoms with E-state index in [1.54, 1.807) is 12.3 Å². The van der Waals surface area contributed by atoms with Crippen LogP contribution in [0.15, 0.2) is 16.7 Å². The first-order valence-corrected chi connectivity index (χ1v) is 7.19. The molecule has 1 rings (SSSR count). The molecule has 0 aliphatic heterocycles. The predicted octanol–water partition coefficient (Wildman–Crippen LogP) is 2.68. The molecule has 84 valence electrons. The van der Waals surface area contributed by atoms with Crippen molar-refractivity contribution in [2.75, 3.05) is 23.4 Å². The van der Waals surface area contributed by atoms with Crippen molar-refractivity contribution in [2.24, 2.45) is 0 Å². The predicted molar refractivity (Wildman–Crippen MR) is 69.0 cm³/mol. The van der Waals surface area contributed by atoms with Crippen LogP contribution < -0.4 is 5.32 Å². The first kappa shape index (κ1) is 12.9. The van der Waals surface area contributed by atoms with Crippen molar-refractivity contribution in [3.8, 4) is 0 Å². The summed E-state index contributed by atoms with van der Waals surface area (Å²) in [6.07, 6.45) is 1.67. The molecule has 0 aromatic carbocycles. The second kappa shape index (κ2) is 6.45. The Balaban J connectivity index is 2.47. The Morgan fingerprint density at radius 1 is 1.67 bits per heavy atom. The van der Waals surface area contributed by atoms with Crippen LogP contribution >= 0.6 is 27.5 Å². The lowest BCUT2D eigenvalue weighted by Crippen LogP contribution is -2.12. The fourth-order valence-electron chi connectivity index (χ4n) is 0.972. The molecule has 15 heavy (non-hydrogen) atoms. The van der Waals surface area contributed by atoms with E-state index in [2.05, 4.69) is 26.2 Å². The average molecular weight is 312 g/mol. The minimum Gasteiger partial charge on any atom is -0.368 e. The summed E-state index contributed by atoms with van der Waals surface area (Å²) in [6.45, 7) is 2.52. The normalized spacial score (nSPS) is 12.5. The maximum Gasteiger partial charge on any atom is 0.144 e. The fourth-order valence-corrected chi connectivity index (χ4v) is 2.29. The molecule has 1 atom stereocenters. The zero-order chi connectivity index (χ0) is 11.3. The molecular formula is C9H12BrClN2OS. The van der Waals surface area contributed by atoms with Gasteiger partial charge in [0.25, 0.3) is 0 Å². The molecule has 3 nitrogen and oxygen atoms in total. The van der Waals surface area contributed by atoms with Gasteiger partial charge in [-0.2, -0.15) is 0 Å². The van der Waals surface area contributed by atoms with Gasteiger partial charge in [-0.15, -0.1) is 0 Å². The summed E-state index contributed by atoms with van der Waals surface area (Å²) in [4.78, 5) is 4.11. The third-order valence-corrected chi connectivity index (χ3v) is 3.78. The summed E-state index contributed by atoms with van der Waals surface area (Å²) >= 11 is 9.22. The SMILES string of the molecule is CCS(=O)CCNc1ncc(Br)cc1Cl. The van der Waals surface area contributed by atoms with E-state index in [1.165, 1.54) is 0 Å². The highest BCUT2D eigenvalue weighted by molar-refractivity contribution is 9.10. The molecule has 0 bridgehead atoms. The highest BCUT2D eigenvalue weighted by atomic mass is 79.9. The van der Waals surface area contributed by atoms with Gasteiger partial charge in [0.1, 0.15) is 5.82 Å². The highest BCUT2D eigenvalue weighted by Gasteiger charge is 2.02. The van der Waals surface area contributed by atoms with Gasteiger partial charge in [0.15, 0.2) is 0 Å². The lowest BCUT2D eigenvalue weighted by atomic mass is 10.4. The Morgan fingerprint density at radius 2 is 2.40 bits per heavy atom. The maximum atomic E-state index is 11.2. The zero-order valence-electron chi connectivity index (χ0n) is 8.30. The topological polar surface area (TPSA) is 42.0 Å². The van der Waals surface area contributed by atoms with Crippen LogP contribution in [0.3, 0.4) is 0 Å². The van der Waals surface area contributed by atoms with Gasteiger partial charge in [0.05, 0.1) is 5.02 Å². The summed E-state index contributed by atoms with van der Waals surface area (Å²) in [5.41, 5.74) is 0. The number of nitrogens with one attached hydrogen (secondary N) is 1. The summed E-state index contributed by atoms with van der Waals surface area (Å²) in [7, 11) is -0.754. The molecule has 0 amide bonds. The molecule has 0 radical (unpaired) electrons. The first-order valence-electron chi connectivity index (χ1n) is 4.53. The van der Waals surface area contributed by atoms with E-state index < -0.39 is 10.8 Å². The van der Waals surface area contributed by atoms with E-state index in [9.17, 15) is 4.21 Å². The first-order chi connectivity index (χ1) is 7.13. The van der Waals surface area contributed by atoms with Crippen LogP contribution in [0.4, 0.5) is 5.82 Å². The number of rotatable bonds is 5. The number of pyridine rings is 1. The van der Waals surface area contributed by atoms with Crippen molar-refractivity contribution < 1.29 is 4.21 Å². The van der Waals surface area contributed by atoms with Crippen LogP contribution in [0.2, 0.25) is 5.02 Å². The number of hydrogen-bond acceptors (Lipinski definition) is 3. The maximum absolute atomic E-state index is 11.2. The van der Waals surface area contributed by atoms with Crippen LogP contribution in [0.25, 0.3) is 0 Å². The lowest BCUT2D eigenvalue weighted by molar-refractivity contribution is 0.684. The van der Waals surface area contributed by atoms with Crippen molar-refractivity contribution in [3.05, 3.63) is 21.8 Å². The smallest absolute Gasteiger partial charge is 0.144 e. The Bertz CT molecular complexity index is 362. The Hall–Kier alpha value is -0.130. The zero-order valence-corrected chi connectivity index (χ0v) is 11.5. The highest BCUT2D eigenvalue weighted by Crippen LogP contribution is 2.22. The molecule has 0 saturated heterocycles. The molecule has 0 aliphatic rings. The largest absolute Gasteiger partial charge is 0.368 e. The molecule has 1 N–H and O–H groups in total. The number of aromatic nitrogens is 1. The fraction of sp³-hybridized carbons (Fsp3) is 0.444. The quantitative estimate of drug-likeness (QED) is 0.909.